The second kappa shape index (κ2) is 8.34. The van der Waals surface area contributed by atoms with Gasteiger partial charge in [-0.05, 0) is 61.7 Å². The molecule has 1 atom stereocenters. The lowest BCUT2D eigenvalue weighted by molar-refractivity contribution is -0.137. The van der Waals surface area contributed by atoms with Crippen molar-refractivity contribution in [1.82, 2.24) is 9.55 Å². The largest absolute Gasteiger partial charge is 0.473 e. The minimum absolute atomic E-state index is 0.0718. The van der Waals surface area contributed by atoms with Gasteiger partial charge in [0.25, 0.3) is 0 Å². The van der Waals surface area contributed by atoms with Gasteiger partial charge in [-0.2, -0.15) is 23.4 Å². The maximum atomic E-state index is 12.7. The maximum Gasteiger partial charge on any atom is 0.416 e. The van der Waals surface area contributed by atoms with Crippen molar-refractivity contribution in [2.24, 2.45) is 0 Å². The van der Waals surface area contributed by atoms with Crippen molar-refractivity contribution in [2.75, 3.05) is 11.4 Å². The molecule has 1 unspecified atom stereocenters. The predicted molar refractivity (Wildman–Crippen MR) is 120 cm³/mol. The first-order valence-corrected chi connectivity index (χ1v) is 11.1. The van der Waals surface area contributed by atoms with Crippen LogP contribution >= 0.6 is 0 Å². The van der Waals surface area contributed by atoms with E-state index in [-0.39, 0.29) is 40.8 Å². The summed E-state index contributed by atoms with van der Waals surface area (Å²) < 4.78 is 51.3. The van der Waals surface area contributed by atoms with Crippen LogP contribution in [0.4, 0.5) is 19.0 Å². The van der Waals surface area contributed by atoms with E-state index in [0.717, 1.165) is 37.3 Å². The molecule has 3 heterocycles. The Morgan fingerprint density at radius 2 is 1.94 bits per heavy atom. The number of alkyl halides is 3. The topological polar surface area (TPSA) is 80.4 Å². The van der Waals surface area contributed by atoms with E-state index in [2.05, 4.69) is 16.8 Å². The Balaban J connectivity index is 1.30. The lowest BCUT2D eigenvalue weighted by Crippen LogP contribution is -2.38. The molecule has 2 aliphatic heterocycles. The zero-order valence-electron chi connectivity index (χ0n) is 18.8. The molecule has 0 amide bonds. The van der Waals surface area contributed by atoms with E-state index in [1.807, 2.05) is 6.07 Å². The standard InChI is InChI=1S/C25H21F3N4O3/c1-24-9-2-10-32(24)22-12-21(30-23(33)31(22)15-24)34-14-16-3-8-20(17(11-16)13-29)35-19-6-4-18(5-7-19)25(26,27)28/h3-8,11-12H,2,9-10,14-15H2,1H3. The summed E-state index contributed by atoms with van der Waals surface area (Å²) in [7, 11) is 0. The van der Waals surface area contributed by atoms with Gasteiger partial charge in [0, 0.05) is 12.6 Å². The predicted octanol–water partition coefficient (Wildman–Crippen LogP) is 4.88. The second-order valence-corrected chi connectivity index (χ2v) is 8.93. The molecule has 5 rings (SSSR count). The molecular formula is C25H21F3N4O3. The van der Waals surface area contributed by atoms with Crippen LogP contribution < -0.4 is 20.1 Å². The highest BCUT2D eigenvalue weighted by molar-refractivity contribution is 5.51. The molecule has 7 nitrogen and oxygen atoms in total. The minimum Gasteiger partial charge on any atom is -0.473 e. The maximum absolute atomic E-state index is 12.7. The number of fused-ring (bicyclic) bond motifs is 3. The molecule has 1 fully saturated rings. The molecule has 1 aromatic heterocycles. The first-order chi connectivity index (χ1) is 16.7. The first kappa shape index (κ1) is 22.8. The quantitative estimate of drug-likeness (QED) is 0.516. The number of nitriles is 1. The van der Waals surface area contributed by atoms with Crippen molar-refractivity contribution in [2.45, 2.75) is 44.6 Å². The fraction of sp³-hybridized carbons (Fsp3) is 0.320. The number of benzene rings is 2. The summed E-state index contributed by atoms with van der Waals surface area (Å²) in [4.78, 5) is 18.8. The molecule has 2 aromatic carbocycles. The highest BCUT2D eigenvalue weighted by Gasteiger charge is 2.44. The van der Waals surface area contributed by atoms with Gasteiger partial charge in [0.2, 0.25) is 5.88 Å². The Kier molecular flexibility index (Phi) is 5.43. The van der Waals surface area contributed by atoms with Crippen LogP contribution in [-0.2, 0) is 19.3 Å². The molecule has 3 aromatic rings. The third-order valence-electron chi connectivity index (χ3n) is 6.45. The summed E-state index contributed by atoms with van der Waals surface area (Å²) in [6.45, 7) is 3.71. The Labute approximate surface area is 199 Å². The van der Waals surface area contributed by atoms with Crippen molar-refractivity contribution < 1.29 is 22.6 Å². The van der Waals surface area contributed by atoms with Gasteiger partial charge >= 0.3 is 11.9 Å². The molecule has 0 radical (unpaired) electrons. The van der Waals surface area contributed by atoms with Crippen molar-refractivity contribution in [3.63, 3.8) is 0 Å². The summed E-state index contributed by atoms with van der Waals surface area (Å²) in [5, 5.41) is 9.53. The molecular weight excluding hydrogens is 461 g/mol. The van der Waals surface area contributed by atoms with Gasteiger partial charge < -0.3 is 14.4 Å². The molecule has 35 heavy (non-hydrogen) atoms. The fourth-order valence-corrected chi connectivity index (χ4v) is 4.68. The Morgan fingerprint density at radius 3 is 2.66 bits per heavy atom. The van der Waals surface area contributed by atoms with Crippen LogP contribution in [0.25, 0.3) is 0 Å². The summed E-state index contributed by atoms with van der Waals surface area (Å²) >= 11 is 0. The van der Waals surface area contributed by atoms with E-state index >= 15 is 0 Å². The van der Waals surface area contributed by atoms with E-state index in [1.54, 1.807) is 28.8 Å². The summed E-state index contributed by atoms with van der Waals surface area (Å²) in [6.07, 6.45) is -2.35. The van der Waals surface area contributed by atoms with Gasteiger partial charge in [-0.3, -0.25) is 4.57 Å². The highest BCUT2D eigenvalue weighted by atomic mass is 19.4. The summed E-state index contributed by atoms with van der Waals surface area (Å²) in [5.74, 6) is 1.40. The van der Waals surface area contributed by atoms with Gasteiger partial charge in [0.05, 0.1) is 23.2 Å². The van der Waals surface area contributed by atoms with Crippen molar-refractivity contribution in [3.05, 3.63) is 75.7 Å². The number of aromatic nitrogens is 2. The molecule has 180 valence electrons. The van der Waals surface area contributed by atoms with Crippen LogP contribution in [0.2, 0.25) is 0 Å². The van der Waals surface area contributed by atoms with E-state index < -0.39 is 11.7 Å². The second-order valence-electron chi connectivity index (χ2n) is 8.93. The molecule has 1 saturated heterocycles. The molecule has 10 heteroatoms. The zero-order chi connectivity index (χ0) is 24.8. The van der Waals surface area contributed by atoms with Crippen LogP contribution in [0.15, 0.2) is 53.3 Å². The van der Waals surface area contributed by atoms with Crippen LogP contribution in [-0.4, -0.2) is 21.6 Å². The van der Waals surface area contributed by atoms with Crippen LogP contribution in [0, 0.1) is 11.3 Å². The minimum atomic E-state index is -4.44. The van der Waals surface area contributed by atoms with Gasteiger partial charge in [-0.15, -0.1) is 0 Å². The highest BCUT2D eigenvalue weighted by Crippen LogP contribution is 2.41. The zero-order valence-corrected chi connectivity index (χ0v) is 18.8. The normalized spacial score (nSPS) is 18.7. The number of anilines is 1. The first-order valence-electron chi connectivity index (χ1n) is 11.1. The number of hydrogen-bond donors (Lipinski definition) is 0. The molecule has 0 saturated carbocycles. The Hall–Kier alpha value is -4.00. The van der Waals surface area contributed by atoms with E-state index in [4.69, 9.17) is 9.47 Å². The number of halogens is 3. The summed E-state index contributed by atoms with van der Waals surface area (Å²) in [6, 6.07) is 12.8. The molecule has 0 aliphatic carbocycles. The lowest BCUT2D eigenvalue weighted by atomic mass is 10.0. The van der Waals surface area contributed by atoms with Crippen LogP contribution in [0.3, 0.4) is 0 Å². The number of hydrogen-bond acceptors (Lipinski definition) is 6. The van der Waals surface area contributed by atoms with Crippen LogP contribution in [0.5, 0.6) is 17.4 Å². The monoisotopic (exact) mass is 482 g/mol. The van der Waals surface area contributed by atoms with Crippen LogP contribution in [0.1, 0.15) is 36.5 Å². The van der Waals surface area contributed by atoms with E-state index in [0.29, 0.717) is 12.1 Å². The molecule has 0 N–H and O–H groups in total. The Morgan fingerprint density at radius 1 is 1.17 bits per heavy atom. The fourth-order valence-electron chi connectivity index (χ4n) is 4.68. The van der Waals surface area contributed by atoms with E-state index in [1.165, 1.54) is 12.1 Å². The molecule has 0 bridgehead atoms. The third kappa shape index (κ3) is 4.30. The average molecular weight is 482 g/mol. The third-order valence-corrected chi connectivity index (χ3v) is 6.45. The van der Waals surface area contributed by atoms with Crippen molar-refractivity contribution in [3.8, 4) is 23.4 Å². The number of ether oxygens (including phenoxy) is 2. The summed E-state index contributed by atoms with van der Waals surface area (Å²) in [5.41, 5.74) is -0.370. The van der Waals surface area contributed by atoms with Crippen molar-refractivity contribution >= 4 is 5.82 Å². The SMILES string of the molecule is CC12CCCN1c1cc(OCc3ccc(Oc4ccc(C(F)(F)F)cc4)c(C#N)c3)nc(=O)n1C2. The van der Waals surface area contributed by atoms with Gasteiger partial charge in [-0.1, -0.05) is 6.07 Å². The molecule has 2 aliphatic rings. The van der Waals surface area contributed by atoms with Crippen molar-refractivity contribution in [1.29, 1.82) is 5.26 Å². The lowest BCUT2D eigenvalue weighted by Gasteiger charge is -2.27. The van der Waals surface area contributed by atoms with E-state index in [9.17, 15) is 23.2 Å². The van der Waals surface area contributed by atoms with Gasteiger partial charge in [0.15, 0.2) is 0 Å². The Bertz CT molecular complexity index is 1380. The molecule has 0 spiro atoms. The average Bonchev–Trinajstić information content (AvgIpc) is 3.33. The van der Waals surface area contributed by atoms with Gasteiger partial charge in [0.1, 0.15) is 30.0 Å². The number of nitrogens with zero attached hydrogens (tertiary/aromatic N) is 4. The number of rotatable bonds is 5. The smallest absolute Gasteiger partial charge is 0.416 e. The van der Waals surface area contributed by atoms with Gasteiger partial charge in [-0.25, -0.2) is 4.79 Å².